The fourth-order valence-electron chi connectivity index (χ4n) is 1.99. The van der Waals surface area contributed by atoms with Crippen LogP contribution in [-0.4, -0.2) is 38.0 Å². The van der Waals surface area contributed by atoms with E-state index in [1.165, 1.54) is 18.0 Å². The molecule has 100 valence electrons. The lowest BCUT2D eigenvalue weighted by Gasteiger charge is -2.27. The van der Waals surface area contributed by atoms with Crippen molar-refractivity contribution in [2.75, 3.05) is 6.54 Å². The molecule has 1 heterocycles. The van der Waals surface area contributed by atoms with Crippen LogP contribution >= 0.6 is 0 Å². The van der Waals surface area contributed by atoms with Crippen molar-refractivity contribution in [1.82, 2.24) is 14.5 Å². The molecule has 0 fully saturated rings. The van der Waals surface area contributed by atoms with Crippen LogP contribution in [0.5, 0.6) is 0 Å². The zero-order valence-corrected chi connectivity index (χ0v) is 11.0. The van der Waals surface area contributed by atoms with Crippen molar-refractivity contribution >= 4 is 11.9 Å². The van der Waals surface area contributed by atoms with Gasteiger partial charge in [-0.25, -0.2) is 9.78 Å². The lowest BCUT2D eigenvalue weighted by Crippen LogP contribution is -2.38. The van der Waals surface area contributed by atoms with E-state index in [0.717, 1.165) is 6.42 Å². The van der Waals surface area contributed by atoms with E-state index in [1.807, 2.05) is 6.92 Å². The van der Waals surface area contributed by atoms with Crippen LogP contribution in [0.2, 0.25) is 0 Å². The summed E-state index contributed by atoms with van der Waals surface area (Å²) in [6, 6.07) is -0.971. The molecule has 0 radical (unpaired) electrons. The van der Waals surface area contributed by atoms with Crippen LogP contribution in [0.3, 0.4) is 0 Å². The van der Waals surface area contributed by atoms with Crippen molar-refractivity contribution in [2.24, 2.45) is 0 Å². The molecule has 1 unspecified atom stereocenters. The average molecular weight is 253 g/mol. The third kappa shape index (κ3) is 2.88. The molecule has 1 atom stereocenters. The molecular formula is C12H19N3O3. The summed E-state index contributed by atoms with van der Waals surface area (Å²) in [6.07, 6.45) is 3.99. The fraction of sp³-hybridized carbons (Fsp3) is 0.583. The molecule has 0 aliphatic carbocycles. The van der Waals surface area contributed by atoms with E-state index in [1.54, 1.807) is 17.8 Å². The zero-order valence-electron chi connectivity index (χ0n) is 11.0. The van der Waals surface area contributed by atoms with Crippen molar-refractivity contribution in [3.8, 4) is 0 Å². The third-order valence-electron chi connectivity index (χ3n) is 2.78. The highest BCUT2D eigenvalue weighted by atomic mass is 16.4. The molecule has 1 aromatic heterocycles. The summed E-state index contributed by atoms with van der Waals surface area (Å²) in [7, 11) is 0. The average Bonchev–Trinajstić information content (AvgIpc) is 2.73. The molecule has 1 N–H and O–H groups in total. The number of hydrogen-bond donors (Lipinski definition) is 1. The molecule has 18 heavy (non-hydrogen) atoms. The summed E-state index contributed by atoms with van der Waals surface area (Å²) in [5, 5.41) is 9.35. The van der Waals surface area contributed by atoms with Crippen LogP contribution in [0.15, 0.2) is 12.5 Å². The smallest absolute Gasteiger partial charge is 0.332 e. The van der Waals surface area contributed by atoms with E-state index < -0.39 is 12.0 Å². The molecular weight excluding hydrogens is 234 g/mol. The molecule has 0 aliphatic rings. The number of rotatable bonds is 6. The molecule has 0 saturated heterocycles. The number of aliphatic carboxylic acids is 1. The van der Waals surface area contributed by atoms with Gasteiger partial charge in [0, 0.05) is 20.0 Å². The number of carboxylic acids is 1. The number of nitrogens with zero attached hydrogens (tertiary/aromatic N) is 3. The largest absolute Gasteiger partial charge is 0.479 e. The second-order valence-electron chi connectivity index (χ2n) is 4.06. The zero-order chi connectivity index (χ0) is 13.7. The molecule has 0 spiro atoms. The lowest BCUT2D eigenvalue weighted by molar-refractivity contribution is -0.150. The number of aromatic nitrogens is 2. The van der Waals surface area contributed by atoms with Crippen molar-refractivity contribution in [3.63, 3.8) is 0 Å². The van der Waals surface area contributed by atoms with E-state index in [0.29, 0.717) is 18.8 Å². The van der Waals surface area contributed by atoms with Crippen LogP contribution < -0.4 is 0 Å². The first-order valence-electron chi connectivity index (χ1n) is 6.02. The van der Waals surface area contributed by atoms with E-state index in [4.69, 9.17) is 0 Å². The van der Waals surface area contributed by atoms with Gasteiger partial charge in [0.2, 0.25) is 5.91 Å². The number of carbonyl (C=O) groups excluding carboxylic acids is 1. The lowest BCUT2D eigenvalue weighted by atomic mass is 10.1. The minimum absolute atomic E-state index is 0.255. The van der Waals surface area contributed by atoms with Gasteiger partial charge in [0.25, 0.3) is 0 Å². The van der Waals surface area contributed by atoms with Gasteiger partial charge in [-0.15, -0.1) is 0 Å². The number of likely N-dealkylation sites (N-methyl/N-ethyl adjacent to an activating group) is 1. The van der Waals surface area contributed by atoms with Crippen LogP contribution in [-0.2, 0) is 16.1 Å². The summed E-state index contributed by atoms with van der Waals surface area (Å²) in [5.74, 6) is -1.29. The Hall–Kier alpha value is -1.85. The number of aryl methyl sites for hydroxylation is 1. The Labute approximate surface area is 106 Å². The number of carbonyl (C=O) groups is 2. The quantitative estimate of drug-likeness (QED) is 0.828. The Morgan fingerprint density at radius 2 is 2.17 bits per heavy atom. The first-order valence-corrected chi connectivity index (χ1v) is 6.02. The maximum atomic E-state index is 11.5. The molecule has 0 bridgehead atoms. The highest BCUT2D eigenvalue weighted by Gasteiger charge is 2.30. The fourth-order valence-corrected chi connectivity index (χ4v) is 1.99. The van der Waals surface area contributed by atoms with Gasteiger partial charge in [-0.05, 0) is 13.3 Å². The predicted octanol–water partition coefficient (Wildman–Crippen LogP) is 1.29. The van der Waals surface area contributed by atoms with Gasteiger partial charge in [-0.2, -0.15) is 0 Å². The molecule has 0 aromatic carbocycles. The van der Waals surface area contributed by atoms with Crippen LogP contribution in [0.4, 0.5) is 0 Å². The van der Waals surface area contributed by atoms with Gasteiger partial charge in [0.1, 0.15) is 0 Å². The van der Waals surface area contributed by atoms with E-state index in [-0.39, 0.29) is 5.91 Å². The van der Waals surface area contributed by atoms with Gasteiger partial charge in [-0.1, -0.05) is 6.92 Å². The first-order chi connectivity index (χ1) is 8.52. The normalized spacial score (nSPS) is 12.2. The summed E-state index contributed by atoms with van der Waals surface area (Å²) >= 11 is 0. The minimum Gasteiger partial charge on any atom is -0.479 e. The predicted molar refractivity (Wildman–Crippen MR) is 66.0 cm³/mol. The highest BCUT2D eigenvalue weighted by molar-refractivity contribution is 5.83. The van der Waals surface area contributed by atoms with Crippen molar-refractivity contribution in [3.05, 3.63) is 18.2 Å². The summed E-state index contributed by atoms with van der Waals surface area (Å²) in [4.78, 5) is 28.2. The second kappa shape index (κ2) is 6.18. The van der Waals surface area contributed by atoms with Crippen LogP contribution in [0, 0.1) is 0 Å². The Balaban J connectivity index is 3.15. The number of amides is 1. The number of carboxylic acid groups (broad SMARTS) is 1. The second-order valence-corrected chi connectivity index (χ2v) is 4.06. The van der Waals surface area contributed by atoms with Gasteiger partial charge in [0.05, 0.1) is 18.2 Å². The topological polar surface area (TPSA) is 75.4 Å². The number of imidazole rings is 1. The van der Waals surface area contributed by atoms with Gasteiger partial charge < -0.3 is 14.6 Å². The standard InChI is InChI=1S/C12H19N3O3/c1-4-6-14-8-13-7-10(14)11(12(17)18)15(5-2)9(3)16/h7-8,11H,4-6H2,1-3H3,(H,17,18). The minimum atomic E-state index is -1.04. The van der Waals surface area contributed by atoms with Crippen LogP contribution in [0.25, 0.3) is 0 Å². The SMILES string of the molecule is CCCn1cncc1C(C(=O)O)N(CC)C(C)=O. The summed E-state index contributed by atoms with van der Waals surface area (Å²) < 4.78 is 1.78. The highest BCUT2D eigenvalue weighted by Crippen LogP contribution is 2.21. The van der Waals surface area contributed by atoms with E-state index in [9.17, 15) is 14.7 Å². The maximum absolute atomic E-state index is 11.5. The van der Waals surface area contributed by atoms with Gasteiger partial charge in [-0.3, -0.25) is 4.79 Å². The Morgan fingerprint density at radius 3 is 2.61 bits per heavy atom. The maximum Gasteiger partial charge on any atom is 0.332 e. The molecule has 1 rings (SSSR count). The number of hydrogen-bond acceptors (Lipinski definition) is 3. The van der Waals surface area contributed by atoms with Gasteiger partial charge >= 0.3 is 5.97 Å². The monoisotopic (exact) mass is 253 g/mol. The van der Waals surface area contributed by atoms with Crippen LogP contribution in [0.1, 0.15) is 38.9 Å². The van der Waals surface area contributed by atoms with E-state index >= 15 is 0 Å². The molecule has 0 aliphatic heterocycles. The Morgan fingerprint density at radius 1 is 1.50 bits per heavy atom. The Bertz CT molecular complexity index is 428. The summed E-state index contributed by atoms with van der Waals surface area (Å²) in [5.41, 5.74) is 0.543. The third-order valence-corrected chi connectivity index (χ3v) is 2.78. The molecule has 6 heteroatoms. The van der Waals surface area contributed by atoms with Crippen molar-refractivity contribution in [2.45, 2.75) is 39.8 Å². The Kier molecular flexibility index (Phi) is 4.88. The van der Waals surface area contributed by atoms with Crippen molar-refractivity contribution in [1.29, 1.82) is 0 Å². The molecule has 1 aromatic rings. The van der Waals surface area contributed by atoms with E-state index in [2.05, 4.69) is 4.98 Å². The van der Waals surface area contributed by atoms with Gasteiger partial charge in [0.15, 0.2) is 6.04 Å². The first kappa shape index (κ1) is 14.2. The molecule has 0 saturated carbocycles. The summed E-state index contributed by atoms with van der Waals surface area (Å²) in [6.45, 7) is 6.18. The molecule has 6 nitrogen and oxygen atoms in total. The molecule has 1 amide bonds. The van der Waals surface area contributed by atoms with Crippen molar-refractivity contribution < 1.29 is 14.7 Å².